The maximum atomic E-state index is 3.72. The highest BCUT2D eigenvalue weighted by Gasteiger charge is 2.28. The van der Waals surface area contributed by atoms with Gasteiger partial charge in [0.1, 0.15) is 0 Å². The lowest BCUT2D eigenvalue weighted by atomic mass is 9.79. The van der Waals surface area contributed by atoms with Crippen LogP contribution in [-0.2, 0) is 0 Å². The molecule has 0 radical (unpaired) electrons. The molecule has 0 aromatic carbocycles. The van der Waals surface area contributed by atoms with E-state index in [1.54, 1.807) is 0 Å². The minimum atomic E-state index is 0.843. The van der Waals surface area contributed by atoms with Gasteiger partial charge in [0.2, 0.25) is 0 Å². The first kappa shape index (κ1) is 9.05. The molecule has 0 bridgehead atoms. The third-order valence-electron chi connectivity index (χ3n) is 3.77. The molecule has 12 heavy (non-hydrogen) atoms. The van der Waals surface area contributed by atoms with E-state index in [2.05, 4.69) is 15.9 Å². The lowest BCUT2D eigenvalue weighted by molar-refractivity contribution is 0.257. The molecule has 0 amide bonds. The zero-order valence-corrected chi connectivity index (χ0v) is 9.35. The summed E-state index contributed by atoms with van der Waals surface area (Å²) in [4.78, 5) is 0.843. The Balaban J connectivity index is 1.80. The smallest absolute Gasteiger partial charge is 0.0146 e. The van der Waals surface area contributed by atoms with E-state index in [1.807, 2.05) is 0 Å². The lowest BCUT2D eigenvalue weighted by Crippen LogP contribution is -2.19. The second-order valence-corrected chi connectivity index (χ2v) is 5.85. The van der Waals surface area contributed by atoms with Crippen molar-refractivity contribution in [2.75, 3.05) is 0 Å². The third kappa shape index (κ3) is 2.04. The molecule has 0 aromatic heterocycles. The van der Waals surface area contributed by atoms with Gasteiger partial charge in [-0.1, -0.05) is 41.6 Å². The molecule has 0 atom stereocenters. The quantitative estimate of drug-likeness (QED) is 0.595. The summed E-state index contributed by atoms with van der Waals surface area (Å²) in [6.45, 7) is 0. The molecule has 0 unspecified atom stereocenters. The summed E-state index contributed by atoms with van der Waals surface area (Å²) in [5.41, 5.74) is 0. The first-order chi connectivity index (χ1) is 5.86. The van der Waals surface area contributed by atoms with Crippen molar-refractivity contribution in [2.45, 2.75) is 56.2 Å². The van der Waals surface area contributed by atoms with Gasteiger partial charge in [0, 0.05) is 4.83 Å². The second-order valence-electron chi connectivity index (χ2n) is 4.56. The average molecular weight is 231 g/mol. The Bertz CT molecular complexity index is 130. The monoisotopic (exact) mass is 230 g/mol. The van der Waals surface area contributed by atoms with Crippen molar-refractivity contribution >= 4 is 15.9 Å². The van der Waals surface area contributed by atoms with Crippen molar-refractivity contribution in [3.8, 4) is 0 Å². The molecule has 0 heterocycles. The number of hydrogen-bond donors (Lipinski definition) is 0. The number of hydrogen-bond acceptors (Lipinski definition) is 0. The molecule has 0 aliphatic heterocycles. The Morgan fingerprint density at radius 3 is 1.75 bits per heavy atom. The van der Waals surface area contributed by atoms with E-state index in [9.17, 15) is 0 Å². The summed E-state index contributed by atoms with van der Waals surface area (Å²) >= 11 is 3.72. The molecule has 2 aliphatic rings. The minimum absolute atomic E-state index is 0.843. The summed E-state index contributed by atoms with van der Waals surface area (Å²) in [6, 6.07) is 0. The van der Waals surface area contributed by atoms with Gasteiger partial charge in [0.15, 0.2) is 0 Å². The van der Waals surface area contributed by atoms with Crippen LogP contribution in [0, 0.1) is 11.8 Å². The topological polar surface area (TPSA) is 0 Å². The van der Waals surface area contributed by atoms with Gasteiger partial charge in [-0.2, -0.15) is 0 Å². The van der Waals surface area contributed by atoms with E-state index in [4.69, 9.17) is 0 Å². The van der Waals surface area contributed by atoms with Crippen LogP contribution >= 0.6 is 15.9 Å². The third-order valence-corrected chi connectivity index (χ3v) is 4.68. The van der Waals surface area contributed by atoms with Crippen LogP contribution in [0.2, 0.25) is 0 Å². The van der Waals surface area contributed by atoms with Gasteiger partial charge in [-0.3, -0.25) is 0 Å². The van der Waals surface area contributed by atoms with Crippen molar-refractivity contribution in [2.24, 2.45) is 11.8 Å². The largest absolute Gasteiger partial charge is 0.0891 e. The van der Waals surface area contributed by atoms with Crippen LogP contribution in [0.1, 0.15) is 51.4 Å². The lowest BCUT2D eigenvalue weighted by Gasteiger charge is -2.29. The molecular weight excluding hydrogens is 212 g/mol. The molecule has 2 rings (SSSR count). The van der Waals surface area contributed by atoms with Crippen molar-refractivity contribution in [1.29, 1.82) is 0 Å². The maximum absolute atomic E-state index is 3.72. The fraction of sp³-hybridized carbons (Fsp3) is 1.00. The van der Waals surface area contributed by atoms with Crippen LogP contribution in [0.3, 0.4) is 0 Å². The molecule has 2 saturated carbocycles. The summed E-state index contributed by atoms with van der Waals surface area (Å²) in [5, 5.41) is 0. The van der Waals surface area contributed by atoms with E-state index >= 15 is 0 Å². The fourth-order valence-corrected chi connectivity index (χ4v) is 3.51. The first-order valence-electron chi connectivity index (χ1n) is 5.50. The summed E-state index contributed by atoms with van der Waals surface area (Å²) in [5.74, 6) is 2.21. The van der Waals surface area contributed by atoms with E-state index in [0.29, 0.717) is 0 Å². The summed E-state index contributed by atoms with van der Waals surface area (Å²) < 4.78 is 0. The zero-order chi connectivity index (χ0) is 8.39. The molecule has 0 nitrogen and oxygen atoms in total. The Hall–Kier alpha value is 0.480. The Kier molecular flexibility index (Phi) is 3.11. The highest BCUT2D eigenvalue weighted by molar-refractivity contribution is 9.09. The molecule has 0 N–H and O–H groups in total. The van der Waals surface area contributed by atoms with Gasteiger partial charge in [-0.05, 0) is 37.5 Å². The van der Waals surface area contributed by atoms with Crippen LogP contribution in [0.4, 0.5) is 0 Å². The van der Waals surface area contributed by atoms with Crippen molar-refractivity contribution < 1.29 is 0 Å². The van der Waals surface area contributed by atoms with Gasteiger partial charge in [-0.15, -0.1) is 0 Å². The summed E-state index contributed by atoms with van der Waals surface area (Å²) in [7, 11) is 0. The van der Waals surface area contributed by atoms with Crippen molar-refractivity contribution in [3.63, 3.8) is 0 Å². The first-order valence-corrected chi connectivity index (χ1v) is 6.42. The van der Waals surface area contributed by atoms with Crippen molar-refractivity contribution in [3.05, 3.63) is 0 Å². The van der Waals surface area contributed by atoms with Gasteiger partial charge >= 0.3 is 0 Å². The molecule has 2 fully saturated rings. The van der Waals surface area contributed by atoms with Crippen LogP contribution in [-0.4, -0.2) is 4.83 Å². The van der Waals surface area contributed by atoms with E-state index in [0.717, 1.165) is 16.7 Å². The van der Waals surface area contributed by atoms with Gasteiger partial charge in [0.05, 0.1) is 0 Å². The zero-order valence-electron chi connectivity index (χ0n) is 7.77. The van der Waals surface area contributed by atoms with E-state index in [-0.39, 0.29) is 0 Å². The Labute approximate surface area is 84.2 Å². The molecule has 1 heteroatoms. The van der Waals surface area contributed by atoms with Crippen LogP contribution in [0.15, 0.2) is 0 Å². The van der Waals surface area contributed by atoms with Gasteiger partial charge in [0.25, 0.3) is 0 Å². The number of alkyl halides is 1. The van der Waals surface area contributed by atoms with Gasteiger partial charge < -0.3 is 0 Å². The second kappa shape index (κ2) is 4.13. The Morgan fingerprint density at radius 2 is 1.17 bits per heavy atom. The fourth-order valence-electron chi connectivity index (χ4n) is 2.98. The number of halogens is 1. The minimum Gasteiger partial charge on any atom is -0.0891 e. The molecule has 0 spiro atoms. The molecule has 2 aliphatic carbocycles. The molecule has 0 saturated heterocycles. The summed E-state index contributed by atoms with van der Waals surface area (Å²) in [6.07, 6.45) is 12.0. The predicted molar refractivity (Wildman–Crippen MR) is 56.6 cm³/mol. The number of rotatable bonds is 1. The normalized spacial score (nSPS) is 38.8. The highest BCUT2D eigenvalue weighted by Crippen LogP contribution is 2.40. The van der Waals surface area contributed by atoms with E-state index < -0.39 is 0 Å². The average Bonchev–Trinajstić information content (AvgIpc) is 2.58. The van der Waals surface area contributed by atoms with E-state index in [1.165, 1.54) is 51.4 Å². The highest BCUT2D eigenvalue weighted by atomic mass is 79.9. The maximum Gasteiger partial charge on any atom is 0.0146 e. The molecule has 0 aromatic rings. The van der Waals surface area contributed by atoms with Crippen LogP contribution < -0.4 is 0 Å². The standard InChI is InChI=1S/C11H19Br/c12-11-7-5-10(6-8-11)9-3-1-2-4-9/h9-11H,1-8H2. The van der Waals surface area contributed by atoms with Crippen LogP contribution in [0.5, 0.6) is 0 Å². The van der Waals surface area contributed by atoms with Gasteiger partial charge in [-0.25, -0.2) is 0 Å². The molecule has 70 valence electrons. The Morgan fingerprint density at radius 1 is 0.667 bits per heavy atom. The molecular formula is C11H19Br. The van der Waals surface area contributed by atoms with Crippen molar-refractivity contribution in [1.82, 2.24) is 0 Å². The van der Waals surface area contributed by atoms with Crippen LogP contribution in [0.25, 0.3) is 0 Å². The SMILES string of the molecule is BrC1CCC(C2CCCC2)CC1. The predicted octanol–water partition coefficient (Wildman–Crippen LogP) is 4.13.